The van der Waals surface area contributed by atoms with E-state index in [2.05, 4.69) is 4.98 Å². The molecule has 2 aliphatic heterocycles. The van der Waals surface area contributed by atoms with E-state index in [4.69, 9.17) is 9.57 Å². The van der Waals surface area contributed by atoms with E-state index >= 15 is 0 Å². The number of thioether (sulfide) groups is 1. The highest BCUT2D eigenvalue weighted by molar-refractivity contribution is 8.00. The Hall–Kier alpha value is -4.41. The number of aryl methyl sites for hydroxylation is 1. The van der Waals surface area contributed by atoms with Crippen molar-refractivity contribution in [3.63, 3.8) is 0 Å². The van der Waals surface area contributed by atoms with Crippen molar-refractivity contribution >= 4 is 47.0 Å². The van der Waals surface area contributed by atoms with Crippen molar-refractivity contribution in [1.82, 2.24) is 14.9 Å². The Morgan fingerprint density at radius 1 is 1.00 bits per heavy atom. The maximum Gasteiger partial charge on any atom is 0.319 e. The van der Waals surface area contributed by atoms with Crippen LogP contribution in [0.5, 0.6) is 5.75 Å². The number of hydrogen-bond donors (Lipinski definition) is 0. The summed E-state index contributed by atoms with van der Waals surface area (Å²) in [5.41, 5.74) is 3.18. The number of esters is 1. The quantitative estimate of drug-likeness (QED) is 0.130. The van der Waals surface area contributed by atoms with Gasteiger partial charge < -0.3 is 14.5 Å². The van der Waals surface area contributed by atoms with E-state index in [1.807, 2.05) is 85.8 Å². The normalized spacial score (nSPS) is 21.1. The maximum absolute atomic E-state index is 14.3. The number of thiazole rings is 1. The third-order valence-corrected chi connectivity index (χ3v) is 10.2. The number of amides is 2. The summed E-state index contributed by atoms with van der Waals surface area (Å²) < 4.78 is 6.36. The van der Waals surface area contributed by atoms with Crippen molar-refractivity contribution in [3.05, 3.63) is 124 Å². The van der Waals surface area contributed by atoms with Crippen molar-refractivity contribution in [2.75, 3.05) is 12.3 Å². The Morgan fingerprint density at radius 3 is 2.18 bits per heavy atom. The molecule has 0 spiro atoms. The molecular formula is C34H31N3O5S2. The highest BCUT2D eigenvalue weighted by Crippen LogP contribution is 2.46. The van der Waals surface area contributed by atoms with Crippen LogP contribution in [0.1, 0.15) is 34.7 Å². The molecule has 8 nitrogen and oxygen atoms in total. The molecule has 3 heterocycles. The van der Waals surface area contributed by atoms with E-state index in [1.165, 1.54) is 30.0 Å². The van der Waals surface area contributed by atoms with Gasteiger partial charge in [-0.2, -0.15) is 5.06 Å². The molecule has 0 aliphatic carbocycles. The number of hydroxylamine groups is 2. The molecule has 0 radical (unpaired) electrons. The first-order chi connectivity index (χ1) is 21.4. The Morgan fingerprint density at radius 2 is 1.61 bits per heavy atom. The number of benzene rings is 3. The molecule has 3 atom stereocenters. The molecular weight excluding hydrogens is 595 g/mol. The fourth-order valence-corrected chi connectivity index (χ4v) is 7.61. The number of rotatable bonds is 9. The predicted molar refractivity (Wildman–Crippen MR) is 170 cm³/mol. The highest BCUT2D eigenvalue weighted by atomic mass is 32.2. The van der Waals surface area contributed by atoms with Gasteiger partial charge in [-0.05, 0) is 36.3 Å². The second kappa shape index (κ2) is 12.7. The van der Waals surface area contributed by atoms with Gasteiger partial charge in [-0.15, -0.1) is 23.1 Å². The summed E-state index contributed by atoms with van der Waals surface area (Å²) in [6.07, 6.45) is 3.13. The van der Waals surface area contributed by atoms with Gasteiger partial charge in [0.1, 0.15) is 10.8 Å². The van der Waals surface area contributed by atoms with Crippen LogP contribution in [0.3, 0.4) is 0 Å². The van der Waals surface area contributed by atoms with Gasteiger partial charge in [0, 0.05) is 24.1 Å². The molecule has 2 amide bonds. The number of nitrogens with zero attached hydrogens (tertiary/aromatic N) is 3. The van der Waals surface area contributed by atoms with E-state index in [9.17, 15) is 14.4 Å². The van der Waals surface area contributed by atoms with E-state index in [1.54, 1.807) is 34.7 Å². The summed E-state index contributed by atoms with van der Waals surface area (Å²) in [5.74, 6) is -0.282. The van der Waals surface area contributed by atoms with Crippen LogP contribution in [0.15, 0.2) is 103 Å². The summed E-state index contributed by atoms with van der Waals surface area (Å²) >= 11 is 2.93. The van der Waals surface area contributed by atoms with Gasteiger partial charge in [-0.3, -0.25) is 14.4 Å². The van der Waals surface area contributed by atoms with Crippen LogP contribution in [0.25, 0.3) is 6.08 Å². The van der Waals surface area contributed by atoms with E-state index in [0.717, 1.165) is 26.8 Å². The molecule has 2 saturated heterocycles. The zero-order valence-corrected chi connectivity index (χ0v) is 25.9. The topological polar surface area (TPSA) is 89.0 Å². The van der Waals surface area contributed by atoms with Crippen molar-refractivity contribution in [3.8, 4) is 5.75 Å². The molecule has 2 aliphatic rings. The standard InChI is InChI=1S/C34H31N3O5S2/c1-23-28(44-22-35-23)18-19-34(33(40)41-30(25-12-6-3-7-13-25)26-14-8-4-9-15-26)20-36-31(39)29(32(36)43-21-34)37(24(2)38)42-27-16-10-5-11-17-27/h3-19,22,29-30,32H,20-21H2,1-2H3/t29?,32-,34?/m1/s1. The lowest BCUT2D eigenvalue weighted by Gasteiger charge is -2.55. The third kappa shape index (κ3) is 5.87. The third-order valence-electron chi connectivity index (χ3n) is 7.76. The van der Waals surface area contributed by atoms with Gasteiger partial charge in [0.15, 0.2) is 17.9 Å². The Balaban J connectivity index is 1.29. The van der Waals surface area contributed by atoms with Crippen LogP contribution >= 0.6 is 23.1 Å². The molecule has 10 heteroatoms. The number of hydrogen-bond acceptors (Lipinski definition) is 8. The van der Waals surface area contributed by atoms with E-state index < -0.39 is 23.5 Å². The van der Waals surface area contributed by atoms with Gasteiger partial charge in [0.2, 0.25) is 0 Å². The summed E-state index contributed by atoms with van der Waals surface area (Å²) in [7, 11) is 0. The van der Waals surface area contributed by atoms with Crippen molar-refractivity contribution < 1.29 is 24.0 Å². The number of aromatic nitrogens is 1. The summed E-state index contributed by atoms with van der Waals surface area (Å²) in [6.45, 7) is 3.41. The number of fused-ring (bicyclic) bond motifs is 1. The number of β-lactam (4-membered cyclic amide) rings is 1. The van der Waals surface area contributed by atoms with Crippen molar-refractivity contribution in [1.29, 1.82) is 0 Å². The second-order valence-corrected chi connectivity index (χ2v) is 12.8. The van der Waals surface area contributed by atoms with Crippen LogP contribution in [0.2, 0.25) is 0 Å². The molecule has 2 unspecified atom stereocenters. The minimum Gasteiger partial charge on any atom is -0.452 e. The zero-order valence-electron chi connectivity index (χ0n) is 24.2. The molecule has 44 heavy (non-hydrogen) atoms. The highest BCUT2D eigenvalue weighted by Gasteiger charge is 2.60. The Bertz CT molecular complexity index is 1620. The first-order valence-electron chi connectivity index (χ1n) is 14.2. The largest absolute Gasteiger partial charge is 0.452 e. The summed E-state index contributed by atoms with van der Waals surface area (Å²) in [6, 6.07) is 27.4. The molecule has 0 bridgehead atoms. The molecule has 3 aromatic carbocycles. The zero-order chi connectivity index (χ0) is 30.7. The lowest BCUT2D eigenvalue weighted by molar-refractivity contribution is -0.192. The van der Waals surface area contributed by atoms with Gasteiger partial charge in [0.05, 0.1) is 11.2 Å². The van der Waals surface area contributed by atoms with Gasteiger partial charge >= 0.3 is 5.97 Å². The van der Waals surface area contributed by atoms with Crippen LogP contribution < -0.4 is 4.84 Å². The first-order valence-corrected chi connectivity index (χ1v) is 16.1. The lowest BCUT2D eigenvalue weighted by atomic mass is 9.86. The molecule has 4 aromatic rings. The first kappa shape index (κ1) is 29.7. The number of carbonyl (C=O) groups excluding carboxylic acids is 3. The van der Waals surface area contributed by atoms with Crippen LogP contribution in [0, 0.1) is 12.3 Å². The minimum absolute atomic E-state index is 0.112. The molecule has 1 aromatic heterocycles. The number of ether oxygens (including phenoxy) is 1. The van der Waals surface area contributed by atoms with Crippen molar-refractivity contribution in [2.45, 2.75) is 31.4 Å². The van der Waals surface area contributed by atoms with Crippen LogP contribution in [0.4, 0.5) is 0 Å². The average Bonchev–Trinajstić information content (AvgIpc) is 3.47. The summed E-state index contributed by atoms with van der Waals surface area (Å²) in [5, 5.41) is 0.780. The SMILES string of the molecule is CC(=O)N(Oc1ccccc1)C1C(=O)N2CC(C=Cc3scnc3C)(C(=O)OC(c3ccccc3)c3ccccc3)CS[C@H]12. The molecule has 0 saturated carbocycles. The average molecular weight is 626 g/mol. The molecule has 0 N–H and O–H groups in total. The Labute approximate surface area is 264 Å². The van der Waals surface area contributed by atoms with Gasteiger partial charge in [0.25, 0.3) is 11.8 Å². The van der Waals surface area contributed by atoms with E-state index in [0.29, 0.717) is 11.5 Å². The summed E-state index contributed by atoms with van der Waals surface area (Å²) in [4.78, 5) is 53.4. The van der Waals surface area contributed by atoms with Gasteiger partial charge in [-0.25, -0.2) is 4.98 Å². The second-order valence-electron chi connectivity index (χ2n) is 10.8. The number of para-hydroxylation sites is 1. The molecule has 2 fully saturated rings. The molecule has 224 valence electrons. The van der Waals surface area contributed by atoms with Crippen LogP contribution in [-0.2, 0) is 19.1 Å². The minimum atomic E-state index is -1.14. The smallest absolute Gasteiger partial charge is 0.319 e. The monoisotopic (exact) mass is 625 g/mol. The van der Waals surface area contributed by atoms with Crippen LogP contribution in [-0.4, -0.2) is 56.4 Å². The molecule has 6 rings (SSSR count). The Kier molecular flexibility index (Phi) is 8.54. The van der Waals surface area contributed by atoms with E-state index in [-0.39, 0.29) is 23.7 Å². The fourth-order valence-electron chi connectivity index (χ4n) is 5.37. The van der Waals surface area contributed by atoms with Gasteiger partial charge in [-0.1, -0.05) is 84.9 Å². The fraction of sp³-hybridized carbons (Fsp3) is 0.235. The predicted octanol–water partition coefficient (Wildman–Crippen LogP) is 5.91. The lowest BCUT2D eigenvalue weighted by Crippen LogP contribution is -2.74. The maximum atomic E-state index is 14.3. The number of carbonyl (C=O) groups is 3. The van der Waals surface area contributed by atoms with Crippen molar-refractivity contribution in [2.24, 2.45) is 5.41 Å².